The van der Waals surface area contributed by atoms with Crippen molar-refractivity contribution in [1.29, 1.82) is 0 Å². The van der Waals surface area contributed by atoms with Crippen LogP contribution in [0.3, 0.4) is 0 Å². The average Bonchev–Trinajstić information content (AvgIpc) is 3.22. The Bertz CT molecular complexity index is 1050. The zero-order valence-corrected chi connectivity index (χ0v) is 19.6. The standard InChI is InChI=1S/C20H24ClN5O4S/c1-25(2)9-6-10-26(18(27)13-11-15(29-4)23-19(22-13)30-5)20-24-16-14(28-3)8-7-12(21)17(16)31-20/h7-8,11H,6,9-10H2,1-5H3. The summed E-state index contributed by atoms with van der Waals surface area (Å²) in [5.41, 5.74) is 0.754. The van der Waals surface area contributed by atoms with Crippen LogP contribution in [0.5, 0.6) is 17.6 Å². The molecule has 31 heavy (non-hydrogen) atoms. The second-order valence-electron chi connectivity index (χ2n) is 6.82. The molecule has 166 valence electrons. The van der Waals surface area contributed by atoms with Crippen molar-refractivity contribution in [2.75, 3.05) is 53.4 Å². The number of amides is 1. The quantitative estimate of drug-likeness (QED) is 0.475. The van der Waals surface area contributed by atoms with Gasteiger partial charge in [-0.3, -0.25) is 9.69 Å². The number of benzene rings is 1. The van der Waals surface area contributed by atoms with Gasteiger partial charge in [0, 0.05) is 12.6 Å². The van der Waals surface area contributed by atoms with Gasteiger partial charge < -0.3 is 19.1 Å². The predicted molar refractivity (Wildman–Crippen MR) is 121 cm³/mol. The van der Waals surface area contributed by atoms with E-state index in [1.54, 1.807) is 24.1 Å². The maximum absolute atomic E-state index is 13.5. The first-order valence-electron chi connectivity index (χ1n) is 9.44. The summed E-state index contributed by atoms with van der Waals surface area (Å²) < 4.78 is 16.5. The zero-order valence-electron chi connectivity index (χ0n) is 18.0. The van der Waals surface area contributed by atoms with Gasteiger partial charge in [-0.25, -0.2) is 4.98 Å². The smallest absolute Gasteiger partial charge is 0.320 e. The summed E-state index contributed by atoms with van der Waals surface area (Å²) in [6.07, 6.45) is 0.735. The molecule has 0 aliphatic heterocycles. The minimum absolute atomic E-state index is 0.0463. The Balaban J connectivity index is 2.05. The van der Waals surface area contributed by atoms with E-state index in [9.17, 15) is 4.79 Å². The highest BCUT2D eigenvalue weighted by atomic mass is 35.5. The van der Waals surface area contributed by atoms with E-state index in [2.05, 4.69) is 19.9 Å². The van der Waals surface area contributed by atoms with E-state index >= 15 is 0 Å². The molecule has 1 amide bonds. The van der Waals surface area contributed by atoms with Crippen molar-refractivity contribution in [3.05, 3.63) is 28.9 Å². The van der Waals surface area contributed by atoms with E-state index in [1.165, 1.54) is 31.6 Å². The highest BCUT2D eigenvalue weighted by molar-refractivity contribution is 7.23. The number of thiazole rings is 1. The second kappa shape index (κ2) is 10.1. The van der Waals surface area contributed by atoms with Crippen molar-refractivity contribution in [2.45, 2.75) is 6.42 Å². The number of anilines is 1. The summed E-state index contributed by atoms with van der Waals surface area (Å²) >= 11 is 7.70. The highest BCUT2D eigenvalue weighted by Crippen LogP contribution is 2.39. The highest BCUT2D eigenvalue weighted by Gasteiger charge is 2.25. The molecule has 0 saturated heterocycles. The lowest BCUT2D eigenvalue weighted by molar-refractivity contribution is 0.0979. The van der Waals surface area contributed by atoms with E-state index in [4.69, 9.17) is 25.8 Å². The molecule has 2 aromatic heterocycles. The van der Waals surface area contributed by atoms with Gasteiger partial charge in [-0.05, 0) is 39.2 Å². The summed E-state index contributed by atoms with van der Waals surface area (Å²) in [4.78, 5) is 30.1. The van der Waals surface area contributed by atoms with Crippen LogP contribution in [0.4, 0.5) is 5.13 Å². The first kappa shape index (κ1) is 23.0. The molecule has 2 heterocycles. The molecule has 0 aliphatic carbocycles. The molecule has 0 bridgehead atoms. The number of carbonyl (C=O) groups excluding carboxylic acids is 1. The van der Waals surface area contributed by atoms with E-state index in [-0.39, 0.29) is 23.5 Å². The maximum atomic E-state index is 13.5. The Morgan fingerprint density at radius 3 is 2.48 bits per heavy atom. The topological polar surface area (TPSA) is 89.9 Å². The molecule has 0 saturated carbocycles. The van der Waals surface area contributed by atoms with Crippen LogP contribution in [0, 0.1) is 0 Å². The third-order valence-electron chi connectivity index (χ3n) is 4.42. The third kappa shape index (κ3) is 5.15. The van der Waals surface area contributed by atoms with Gasteiger partial charge in [0.05, 0.1) is 31.1 Å². The molecule has 3 rings (SSSR count). The van der Waals surface area contributed by atoms with Crippen LogP contribution < -0.4 is 19.1 Å². The molecule has 1 aromatic carbocycles. The average molecular weight is 466 g/mol. The number of ether oxygens (including phenoxy) is 3. The fourth-order valence-corrected chi connectivity index (χ4v) is 4.18. The summed E-state index contributed by atoms with van der Waals surface area (Å²) in [6, 6.07) is 5.03. The number of carbonyl (C=O) groups is 1. The number of aromatic nitrogens is 3. The van der Waals surface area contributed by atoms with Crippen LogP contribution >= 0.6 is 22.9 Å². The van der Waals surface area contributed by atoms with Crippen LogP contribution in [-0.2, 0) is 0 Å². The lowest BCUT2D eigenvalue weighted by Gasteiger charge is -2.21. The number of methoxy groups -OCH3 is 3. The van der Waals surface area contributed by atoms with Gasteiger partial charge in [0.15, 0.2) is 5.13 Å². The molecule has 3 aromatic rings. The molecule has 0 unspecified atom stereocenters. The van der Waals surface area contributed by atoms with Crippen molar-refractivity contribution in [3.63, 3.8) is 0 Å². The van der Waals surface area contributed by atoms with Gasteiger partial charge in [0.2, 0.25) is 5.88 Å². The van der Waals surface area contributed by atoms with Crippen LogP contribution in [0.1, 0.15) is 16.9 Å². The largest absolute Gasteiger partial charge is 0.494 e. The molecular formula is C20H24ClN5O4S. The summed E-state index contributed by atoms with van der Waals surface area (Å²) in [6.45, 7) is 1.24. The third-order valence-corrected chi connectivity index (χ3v) is 5.96. The normalized spacial score (nSPS) is 11.1. The Hall–Kier alpha value is -2.69. The van der Waals surface area contributed by atoms with Crippen LogP contribution in [0.2, 0.25) is 5.02 Å². The van der Waals surface area contributed by atoms with Gasteiger partial charge in [0.1, 0.15) is 17.0 Å². The summed E-state index contributed by atoms with van der Waals surface area (Å²) in [7, 11) is 8.43. The number of rotatable bonds is 9. The SMILES string of the molecule is COc1cc(C(=O)N(CCCN(C)C)c2nc3c(OC)ccc(Cl)c3s2)nc(OC)n1. The molecular weight excluding hydrogens is 442 g/mol. The number of fused-ring (bicyclic) bond motifs is 1. The molecule has 0 fully saturated rings. The van der Waals surface area contributed by atoms with Gasteiger partial charge in [-0.15, -0.1) is 0 Å². The number of hydrogen-bond acceptors (Lipinski definition) is 9. The fourth-order valence-electron chi connectivity index (χ4n) is 2.90. The van der Waals surface area contributed by atoms with Crippen molar-refractivity contribution in [3.8, 4) is 17.6 Å². The van der Waals surface area contributed by atoms with Crippen molar-refractivity contribution >= 4 is 44.2 Å². The Labute approximate surface area is 189 Å². The van der Waals surface area contributed by atoms with Crippen LogP contribution in [0.25, 0.3) is 10.2 Å². The Kier molecular flexibility index (Phi) is 7.47. The van der Waals surface area contributed by atoms with Gasteiger partial charge in [-0.1, -0.05) is 22.9 Å². The Morgan fingerprint density at radius 2 is 1.84 bits per heavy atom. The minimum Gasteiger partial charge on any atom is -0.494 e. The van der Waals surface area contributed by atoms with Crippen LogP contribution in [-0.4, -0.2) is 74.3 Å². The van der Waals surface area contributed by atoms with Crippen LogP contribution in [0.15, 0.2) is 18.2 Å². The lowest BCUT2D eigenvalue weighted by Crippen LogP contribution is -2.34. The van der Waals surface area contributed by atoms with Gasteiger partial charge >= 0.3 is 6.01 Å². The summed E-state index contributed by atoms with van der Waals surface area (Å²) in [5.74, 6) is 0.484. The minimum atomic E-state index is -0.341. The monoisotopic (exact) mass is 465 g/mol. The summed E-state index contributed by atoms with van der Waals surface area (Å²) in [5, 5.41) is 1.05. The number of nitrogens with zero attached hydrogens (tertiary/aromatic N) is 5. The molecule has 0 aliphatic rings. The van der Waals surface area contributed by atoms with E-state index in [1.807, 2.05) is 14.1 Å². The second-order valence-corrected chi connectivity index (χ2v) is 8.20. The van der Waals surface area contributed by atoms with Gasteiger partial charge in [-0.2, -0.15) is 9.97 Å². The number of hydrogen-bond donors (Lipinski definition) is 0. The molecule has 0 radical (unpaired) electrons. The molecule has 11 heteroatoms. The van der Waals surface area contributed by atoms with Crippen molar-refractivity contribution < 1.29 is 19.0 Å². The zero-order chi connectivity index (χ0) is 22.5. The first-order valence-corrected chi connectivity index (χ1v) is 10.6. The Morgan fingerprint density at radius 1 is 1.06 bits per heavy atom. The van der Waals surface area contributed by atoms with Gasteiger partial charge in [0.25, 0.3) is 5.91 Å². The van der Waals surface area contributed by atoms with Crippen molar-refractivity contribution in [2.24, 2.45) is 0 Å². The molecule has 0 atom stereocenters. The van der Waals surface area contributed by atoms with E-state index in [0.29, 0.717) is 28.0 Å². The lowest BCUT2D eigenvalue weighted by atomic mass is 10.3. The first-order chi connectivity index (χ1) is 14.9. The number of halogens is 1. The maximum Gasteiger partial charge on any atom is 0.320 e. The fraction of sp³-hybridized carbons (Fsp3) is 0.400. The van der Waals surface area contributed by atoms with E-state index < -0.39 is 0 Å². The predicted octanol–water partition coefficient (Wildman–Crippen LogP) is 3.36. The molecule has 9 nitrogen and oxygen atoms in total. The molecule has 0 N–H and O–H groups in total. The van der Waals surface area contributed by atoms with E-state index in [0.717, 1.165) is 17.7 Å². The molecule has 0 spiro atoms. The van der Waals surface area contributed by atoms with Crippen molar-refractivity contribution in [1.82, 2.24) is 19.9 Å².